The zero-order chi connectivity index (χ0) is 13.0. The Morgan fingerprint density at radius 2 is 2.06 bits per heavy atom. The van der Waals surface area contributed by atoms with Crippen LogP contribution in [0.5, 0.6) is 0 Å². The standard InChI is InChI=1S/C11H17N3O3/c1-7-10(8(2)13-12-7)11(16)14(3)6-5-9(15)17-4/h5-6H2,1-4H3,(H,12,13). The largest absolute Gasteiger partial charge is 0.469 e. The molecule has 0 unspecified atom stereocenters. The van der Waals surface area contributed by atoms with Gasteiger partial charge in [-0.1, -0.05) is 0 Å². The van der Waals surface area contributed by atoms with Gasteiger partial charge in [0.1, 0.15) is 0 Å². The molecule has 0 aliphatic heterocycles. The number of carbonyl (C=O) groups excluding carboxylic acids is 2. The van der Waals surface area contributed by atoms with Crippen molar-refractivity contribution < 1.29 is 14.3 Å². The summed E-state index contributed by atoms with van der Waals surface area (Å²) in [6.07, 6.45) is 0.189. The molecule has 1 aromatic rings. The Labute approximate surface area is 99.9 Å². The van der Waals surface area contributed by atoms with Crippen molar-refractivity contribution in [3.05, 3.63) is 17.0 Å². The van der Waals surface area contributed by atoms with Crippen LogP contribution in [0.4, 0.5) is 0 Å². The van der Waals surface area contributed by atoms with E-state index in [1.54, 1.807) is 20.9 Å². The lowest BCUT2D eigenvalue weighted by Gasteiger charge is -2.16. The molecule has 0 fully saturated rings. The van der Waals surface area contributed by atoms with E-state index in [1.165, 1.54) is 12.0 Å². The Morgan fingerprint density at radius 3 is 2.53 bits per heavy atom. The zero-order valence-electron chi connectivity index (χ0n) is 10.5. The minimum atomic E-state index is -0.328. The van der Waals surface area contributed by atoms with Crippen molar-refractivity contribution in [3.8, 4) is 0 Å². The number of carbonyl (C=O) groups is 2. The fourth-order valence-corrected chi connectivity index (χ4v) is 1.52. The normalized spacial score (nSPS) is 10.1. The highest BCUT2D eigenvalue weighted by atomic mass is 16.5. The number of aromatic nitrogens is 2. The molecule has 0 bridgehead atoms. The number of aromatic amines is 1. The molecule has 94 valence electrons. The molecule has 0 saturated heterocycles. The summed E-state index contributed by atoms with van der Waals surface area (Å²) in [6, 6.07) is 0. The van der Waals surface area contributed by atoms with E-state index >= 15 is 0 Å². The number of hydrogen-bond donors (Lipinski definition) is 1. The first-order valence-electron chi connectivity index (χ1n) is 5.31. The van der Waals surface area contributed by atoms with E-state index in [4.69, 9.17) is 0 Å². The predicted octanol–water partition coefficient (Wildman–Crippen LogP) is 0.662. The van der Waals surface area contributed by atoms with Gasteiger partial charge in [-0.05, 0) is 13.8 Å². The number of nitrogens with one attached hydrogen (secondary N) is 1. The van der Waals surface area contributed by atoms with Gasteiger partial charge >= 0.3 is 5.97 Å². The second-order valence-electron chi connectivity index (χ2n) is 3.86. The topological polar surface area (TPSA) is 75.3 Å². The number of aryl methyl sites for hydroxylation is 2. The lowest BCUT2D eigenvalue weighted by molar-refractivity contribution is -0.140. The maximum atomic E-state index is 12.1. The maximum absolute atomic E-state index is 12.1. The Balaban J connectivity index is 2.67. The molecule has 6 nitrogen and oxygen atoms in total. The Bertz CT molecular complexity index is 406. The van der Waals surface area contributed by atoms with Gasteiger partial charge in [0.05, 0.1) is 24.8 Å². The van der Waals surface area contributed by atoms with Crippen molar-refractivity contribution in [2.24, 2.45) is 0 Å². The third-order valence-electron chi connectivity index (χ3n) is 2.57. The number of hydrogen-bond acceptors (Lipinski definition) is 4. The van der Waals surface area contributed by atoms with Crippen molar-refractivity contribution in [1.29, 1.82) is 0 Å². The summed E-state index contributed by atoms with van der Waals surface area (Å²) in [4.78, 5) is 24.5. The van der Waals surface area contributed by atoms with Crippen LogP contribution in [0, 0.1) is 13.8 Å². The Hall–Kier alpha value is -1.85. The van der Waals surface area contributed by atoms with Gasteiger partial charge in [0.2, 0.25) is 0 Å². The third-order valence-corrected chi connectivity index (χ3v) is 2.57. The number of esters is 1. The van der Waals surface area contributed by atoms with Crippen molar-refractivity contribution in [1.82, 2.24) is 15.1 Å². The summed E-state index contributed by atoms with van der Waals surface area (Å²) in [7, 11) is 2.98. The van der Waals surface area contributed by atoms with Crippen LogP contribution in [0.1, 0.15) is 28.2 Å². The van der Waals surface area contributed by atoms with Gasteiger partial charge in [0.15, 0.2) is 0 Å². The third kappa shape index (κ3) is 3.05. The molecule has 1 heterocycles. The molecular formula is C11H17N3O3. The molecule has 6 heteroatoms. The highest BCUT2D eigenvalue weighted by Gasteiger charge is 2.19. The molecule has 0 aliphatic rings. The summed E-state index contributed by atoms with van der Waals surface area (Å²) in [5.41, 5.74) is 1.97. The van der Waals surface area contributed by atoms with Crippen molar-refractivity contribution in [3.63, 3.8) is 0 Å². The van der Waals surface area contributed by atoms with Crippen LogP contribution in [0.3, 0.4) is 0 Å². The van der Waals surface area contributed by atoms with Crippen molar-refractivity contribution >= 4 is 11.9 Å². The fraction of sp³-hybridized carbons (Fsp3) is 0.545. The molecule has 0 spiro atoms. The molecular weight excluding hydrogens is 222 g/mol. The van der Waals surface area contributed by atoms with Gasteiger partial charge in [0, 0.05) is 19.3 Å². The summed E-state index contributed by atoms with van der Waals surface area (Å²) in [6.45, 7) is 3.89. The number of methoxy groups -OCH3 is 1. The van der Waals surface area contributed by atoms with Crippen LogP contribution in [0.2, 0.25) is 0 Å². The molecule has 1 aromatic heterocycles. The van der Waals surface area contributed by atoms with E-state index in [0.29, 0.717) is 17.8 Å². The average Bonchev–Trinajstić information content (AvgIpc) is 2.64. The molecule has 17 heavy (non-hydrogen) atoms. The lowest BCUT2D eigenvalue weighted by atomic mass is 10.1. The quantitative estimate of drug-likeness (QED) is 0.783. The van der Waals surface area contributed by atoms with Gasteiger partial charge in [-0.15, -0.1) is 0 Å². The van der Waals surface area contributed by atoms with Gasteiger partial charge in [0.25, 0.3) is 5.91 Å². The highest BCUT2D eigenvalue weighted by Crippen LogP contribution is 2.12. The van der Waals surface area contributed by atoms with Crippen LogP contribution in [0.15, 0.2) is 0 Å². The zero-order valence-corrected chi connectivity index (χ0v) is 10.5. The molecule has 0 aromatic carbocycles. The molecule has 1 amide bonds. The number of rotatable bonds is 4. The number of nitrogens with zero attached hydrogens (tertiary/aromatic N) is 2. The summed E-state index contributed by atoms with van der Waals surface area (Å²) in [5.74, 6) is -0.469. The van der Waals surface area contributed by atoms with E-state index in [9.17, 15) is 9.59 Å². The van der Waals surface area contributed by atoms with Crippen molar-refractivity contribution in [2.45, 2.75) is 20.3 Å². The molecule has 1 rings (SSSR count). The number of amides is 1. The predicted molar refractivity (Wildman–Crippen MR) is 61.7 cm³/mol. The summed E-state index contributed by atoms with van der Waals surface area (Å²) in [5, 5.41) is 6.73. The SMILES string of the molecule is COC(=O)CCN(C)C(=O)c1c(C)n[nH]c1C. The van der Waals surface area contributed by atoms with Gasteiger partial charge in [-0.3, -0.25) is 14.7 Å². The number of H-pyrrole nitrogens is 1. The summed E-state index contributed by atoms with van der Waals surface area (Å²) < 4.78 is 4.52. The van der Waals surface area contributed by atoms with Crippen LogP contribution in [0.25, 0.3) is 0 Å². The minimum absolute atomic E-state index is 0.141. The maximum Gasteiger partial charge on any atom is 0.307 e. The molecule has 1 N–H and O–H groups in total. The smallest absolute Gasteiger partial charge is 0.307 e. The lowest BCUT2D eigenvalue weighted by Crippen LogP contribution is -2.30. The molecule has 0 radical (unpaired) electrons. The second kappa shape index (κ2) is 5.47. The van der Waals surface area contributed by atoms with Crippen molar-refractivity contribution in [2.75, 3.05) is 20.7 Å². The fourth-order valence-electron chi connectivity index (χ4n) is 1.52. The molecule has 0 atom stereocenters. The van der Waals surface area contributed by atoms with E-state index in [0.717, 1.165) is 5.69 Å². The Morgan fingerprint density at radius 1 is 1.41 bits per heavy atom. The van der Waals surface area contributed by atoms with E-state index < -0.39 is 0 Å². The first kappa shape index (κ1) is 13.2. The first-order chi connectivity index (χ1) is 7.97. The van der Waals surface area contributed by atoms with E-state index in [1.807, 2.05) is 0 Å². The second-order valence-corrected chi connectivity index (χ2v) is 3.86. The molecule has 0 saturated carbocycles. The first-order valence-corrected chi connectivity index (χ1v) is 5.31. The van der Waals surface area contributed by atoms with Crippen LogP contribution in [-0.4, -0.2) is 47.7 Å². The van der Waals surface area contributed by atoms with Gasteiger partial charge < -0.3 is 9.64 Å². The van der Waals surface area contributed by atoms with Crippen LogP contribution >= 0.6 is 0 Å². The highest BCUT2D eigenvalue weighted by molar-refractivity contribution is 5.96. The van der Waals surface area contributed by atoms with Gasteiger partial charge in [-0.25, -0.2) is 0 Å². The average molecular weight is 239 g/mol. The minimum Gasteiger partial charge on any atom is -0.469 e. The van der Waals surface area contributed by atoms with E-state index in [2.05, 4.69) is 14.9 Å². The van der Waals surface area contributed by atoms with Gasteiger partial charge in [-0.2, -0.15) is 5.10 Å². The Kier molecular flexibility index (Phi) is 4.25. The monoisotopic (exact) mass is 239 g/mol. The summed E-state index contributed by atoms with van der Waals surface area (Å²) >= 11 is 0. The molecule has 0 aliphatic carbocycles. The van der Waals surface area contributed by atoms with E-state index in [-0.39, 0.29) is 18.3 Å². The van der Waals surface area contributed by atoms with Crippen LogP contribution in [-0.2, 0) is 9.53 Å². The van der Waals surface area contributed by atoms with Crippen LogP contribution < -0.4 is 0 Å². The number of ether oxygens (including phenoxy) is 1.